The predicted octanol–water partition coefficient (Wildman–Crippen LogP) is 8.78. The summed E-state index contributed by atoms with van der Waals surface area (Å²) >= 11 is 0. The molecule has 0 fully saturated rings. The van der Waals surface area contributed by atoms with Gasteiger partial charge in [0.05, 0.1) is 0 Å². The van der Waals surface area contributed by atoms with Crippen LogP contribution in [0.5, 0.6) is 0 Å². The molecular formula is C49H60Cl2Zr-4. The monoisotopic (exact) mass is 808 g/mol. The van der Waals surface area contributed by atoms with Crippen LogP contribution in [-0.4, -0.2) is 0 Å². The van der Waals surface area contributed by atoms with Crippen molar-refractivity contribution in [2.24, 2.45) is 0 Å². The summed E-state index contributed by atoms with van der Waals surface area (Å²) in [4.78, 5) is 0. The van der Waals surface area contributed by atoms with Crippen LogP contribution in [0.4, 0.5) is 0 Å². The van der Waals surface area contributed by atoms with Crippen LogP contribution in [0.2, 0.25) is 0 Å². The van der Waals surface area contributed by atoms with Crippen molar-refractivity contribution in [3.05, 3.63) is 145 Å². The number of hydrogen-bond donors (Lipinski definition) is 0. The predicted molar refractivity (Wildman–Crippen MR) is 220 cm³/mol. The van der Waals surface area contributed by atoms with E-state index in [4.69, 9.17) is 0 Å². The Hall–Kier alpha value is -2.44. The van der Waals surface area contributed by atoms with E-state index in [9.17, 15) is 0 Å². The van der Waals surface area contributed by atoms with Crippen LogP contribution in [0, 0.1) is 13.8 Å². The molecule has 52 heavy (non-hydrogen) atoms. The molecule has 0 aliphatic rings. The summed E-state index contributed by atoms with van der Waals surface area (Å²) in [7, 11) is 0. The molecule has 0 radical (unpaired) electrons. The molecule has 278 valence electrons. The first-order valence-electron chi connectivity index (χ1n) is 18.6. The minimum absolute atomic E-state index is 0. The van der Waals surface area contributed by atoms with Gasteiger partial charge in [0.15, 0.2) is 0 Å². The summed E-state index contributed by atoms with van der Waals surface area (Å²) in [6.45, 7) is 24.8. The van der Waals surface area contributed by atoms with Gasteiger partial charge in [-0.3, -0.25) is 0 Å². The van der Waals surface area contributed by atoms with Crippen LogP contribution in [0.15, 0.2) is 109 Å². The summed E-state index contributed by atoms with van der Waals surface area (Å²) in [6.07, 6.45) is 8.17. The van der Waals surface area contributed by atoms with Crippen LogP contribution in [0.3, 0.4) is 0 Å². The Kier molecular flexibility index (Phi) is 20.2. The van der Waals surface area contributed by atoms with E-state index in [0.29, 0.717) is 0 Å². The van der Waals surface area contributed by atoms with Gasteiger partial charge >= 0.3 is 26.2 Å². The molecule has 0 aliphatic carbocycles. The summed E-state index contributed by atoms with van der Waals surface area (Å²) in [5.74, 6) is 0. The SMILES string of the molecule is CCCCc1cc2c(-c3ccc(C(C)(C)C)cc3)cccc2[cH-]1.CCCCc1cc2c(-c3ccc(C(C)(C)C)cc3)cccc2[cH-]1.[CH2-]C[CH2-].[Cl-].[Cl-].[Zr+2]. The van der Waals surface area contributed by atoms with Gasteiger partial charge in [-0.1, -0.05) is 153 Å². The van der Waals surface area contributed by atoms with Crippen molar-refractivity contribution in [1.82, 2.24) is 0 Å². The first-order chi connectivity index (χ1) is 23.4. The maximum Gasteiger partial charge on any atom is 2.00 e. The van der Waals surface area contributed by atoms with Crippen LogP contribution < -0.4 is 24.8 Å². The van der Waals surface area contributed by atoms with E-state index in [2.05, 4.69) is 178 Å². The Bertz CT molecular complexity index is 1730. The van der Waals surface area contributed by atoms with Gasteiger partial charge in [-0.15, -0.1) is 69.1 Å². The number of hydrogen-bond acceptors (Lipinski definition) is 0. The van der Waals surface area contributed by atoms with Crippen LogP contribution in [0.1, 0.15) is 110 Å². The Labute approximate surface area is 348 Å². The summed E-state index contributed by atoms with van der Waals surface area (Å²) in [5, 5.41) is 5.52. The topological polar surface area (TPSA) is 0 Å². The zero-order valence-corrected chi connectivity index (χ0v) is 37.0. The molecule has 0 bridgehead atoms. The second-order valence-corrected chi connectivity index (χ2v) is 15.6. The molecule has 0 unspecified atom stereocenters. The number of unbranched alkanes of at least 4 members (excludes halogenated alkanes) is 2. The van der Waals surface area contributed by atoms with Gasteiger partial charge in [0.2, 0.25) is 0 Å². The average Bonchev–Trinajstić information content (AvgIpc) is 3.70. The van der Waals surface area contributed by atoms with Crippen molar-refractivity contribution >= 4 is 21.5 Å². The molecule has 0 heterocycles. The molecule has 0 aromatic heterocycles. The standard InChI is InChI=1S/2C23H27.C3H6.2ClH.Zr/c2*1-5-6-8-17-15-19-9-7-10-21(22(19)16-17)18-11-13-20(14-12-18)23(2,3)4;1-3-2;;;/h2*7,9-16H,5-6,8H2,1-4H3;1-3H2;2*1H;/q2*-1;-2;;;+2/p-2. The molecule has 0 spiro atoms. The van der Waals surface area contributed by atoms with E-state index in [1.54, 1.807) is 0 Å². The third-order valence-electron chi connectivity index (χ3n) is 9.38. The van der Waals surface area contributed by atoms with Gasteiger partial charge in [0, 0.05) is 0 Å². The number of rotatable bonds is 8. The molecule has 0 nitrogen and oxygen atoms in total. The molecule has 0 aliphatic heterocycles. The Balaban J connectivity index is 0.000000459. The maximum atomic E-state index is 3.38. The quantitative estimate of drug-likeness (QED) is 0.135. The average molecular weight is 811 g/mol. The van der Waals surface area contributed by atoms with Crippen LogP contribution >= 0.6 is 0 Å². The molecule has 6 rings (SSSR count). The Morgan fingerprint density at radius 1 is 0.519 bits per heavy atom. The van der Waals surface area contributed by atoms with E-state index < -0.39 is 0 Å². The molecule has 0 saturated heterocycles. The minimum atomic E-state index is 0. The fourth-order valence-corrected chi connectivity index (χ4v) is 6.45. The Morgan fingerprint density at radius 3 is 1.13 bits per heavy atom. The van der Waals surface area contributed by atoms with Crippen molar-refractivity contribution in [1.29, 1.82) is 0 Å². The van der Waals surface area contributed by atoms with Crippen molar-refractivity contribution in [3.8, 4) is 22.3 Å². The molecule has 0 atom stereocenters. The molecule has 0 saturated carbocycles. The molecular weight excluding hydrogens is 751 g/mol. The van der Waals surface area contributed by atoms with Gasteiger partial charge in [0.1, 0.15) is 0 Å². The van der Waals surface area contributed by atoms with Crippen molar-refractivity contribution in [2.75, 3.05) is 0 Å². The third kappa shape index (κ3) is 12.9. The largest absolute Gasteiger partial charge is 2.00 e. The zero-order valence-electron chi connectivity index (χ0n) is 33.0. The van der Waals surface area contributed by atoms with Crippen LogP contribution in [-0.2, 0) is 49.9 Å². The van der Waals surface area contributed by atoms with Crippen LogP contribution in [0.25, 0.3) is 43.8 Å². The van der Waals surface area contributed by atoms with Gasteiger partial charge in [-0.25, -0.2) is 0 Å². The second-order valence-electron chi connectivity index (χ2n) is 15.6. The maximum absolute atomic E-state index is 3.38. The van der Waals surface area contributed by atoms with Gasteiger partial charge < -0.3 is 45.1 Å². The molecule has 3 heteroatoms. The Morgan fingerprint density at radius 2 is 0.846 bits per heavy atom. The normalized spacial score (nSPS) is 11.0. The van der Waals surface area contributed by atoms with Gasteiger partial charge in [0.25, 0.3) is 0 Å². The van der Waals surface area contributed by atoms with E-state index in [-0.39, 0.29) is 61.8 Å². The third-order valence-corrected chi connectivity index (χ3v) is 9.38. The second kappa shape index (κ2) is 22.1. The first kappa shape index (κ1) is 47.6. The number of benzene rings is 4. The van der Waals surface area contributed by atoms with Gasteiger partial charge in [-0.05, 0) is 45.9 Å². The number of aryl methyl sites for hydroxylation is 2. The van der Waals surface area contributed by atoms with Crippen molar-refractivity contribution in [2.45, 2.75) is 111 Å². The molecule has 0 amide bonds. The molecule has 0 N–H and O–H groups in total. The first-order valence-corrected chi connectivity index (χ1v) is 18.6. The summed E-state index contributed by atoms with van der Waals surface area (Å²) < 4.78 is 0. The summed E-state index contributed by atoms with van der Waals surface area (Å²) in [6, 6.07) is 41.0. The van der Waals surface area contributed by atoms with E-state index in [0.717, 1.165) is 6.42 Å². The molecule has 6 aromatic carbocycles. The fraction of sp³-hybridized carbons (Fsp3) is 0.347. The number of halogens is 2. The summed E-state index contributed by atoms with van der Waals surface area (Å²) in [5.41, 5.74) is 11.5. The number of fused-ring (bicyclic) bond motifs is 2. The molecule has 6 aromatic rings. The van der Waals surface area contributed by atoms with E-state index in [1.165, 1.54) is 105 Å². The zero-order chi connectivity index (χ0) is 35.6. The smallest absolute Gasteiger partial charge is 1.00 e. The minimum Gasteiger partial charge on any atom is -1.00 e. The van der Waals surface area contributed by atoms with Crippen molar-refractivity contribution < 1.29 is 51.0 Å². The van der Waals surface area contributed by atoms with E-state index in [1.807, 2.05) is 0 Å². The fourth-order valence-electron chi connectivity index (χ4n) is 6.45. The van der Waals surface area contributed by atoms with Crippen molar-refractivity contribution in [3.63, 3.8) is 0 Å². The van der Waals surface area contributed by atoms with E-state index >= 15 is 0 Å². The van der Waals surface area contributed by atoms with Gasteiger partial charge in [-0.2, -0.15) is 12.1 Å².